The highest BCUT2D eigenvalue weighted by atomic mass is 35.5. The minimum absolute atomic E-state index is 0.703. The summed E-state index contributed by atoms with van der Waals surface area (Å²) >= 11 is 6.23. The van der Waals surface area contributed by atoms with Crippen molar-refractivity contribution in [2.75, 3.05) is 11.1 Å². The summed E-state index contributed by atoms with van der Waals surface area (Å²) in [5, 5.41) is 5.32. The Labute approximate surface area is 170 Å². The number of nitrogens with one attached hydrogen (secondary N) is 1. The number of nitrogen functional groups attached to an aromatic ring is 1. The van der Waals surface area contributed by atoms with E-state index in [1.807, 2.05) is 49.4 Å². The molecule has 3 N–H and O–H groups in total. The molecular weight excluding hydrogens is 366 g/mol. The highest BCUT2D eigenvalue weighted by Crippen LogP contribution is 2.30. The van der Waals surface area contributed by atoms with Crippen molar-refractivity contribution in [3.8, 4) is 0 Å². The number of aryl methyl sites for hydroxylation is 3. The van der Waals surface area contributed by atoms with Crippen LogP contribution >= 0.6 is 11.6 Å². The second kappa shape index (κ2) is 7.91. The van der Waals surface area contributed by atoms with Crippen LogP contribution in [0, 0.1) is 6.92 Å². The van der Waals surface area contributed by atoms with Crippen molar-refractivity contribution in [2.45, 2.75) is 19.8 Å². The van der Waals surface area contributed by atoms with Gasteiger partial charge in [-0.1, -0.05) is 48.0 Å². The van der Waals surface area contributed by atoms with Gasteiger partial charge in [-0.2, -0.15) is 0 Å². The Hall–Kier alpha value is -3.04. The number of fused-ring (bicyclic) bond motifs is 1. The third-order valence-electron chi connectivity index (χ3n) is 4.90. The Balaban J connectivity index is 1.65. The molecule has 4 rings (SSSR count). The summed E-state index contributed by atoms with van der Waals surface area (Å²) in [7, 11) is 0. The lowest BCUT2D eigenvalue weighted by atomic mass is 10.0. The normalized spacial score (nSPS) is 10.9. The lowest BCUT2D eigenvalue weighted by Gasteiger charge is -2.15. The van der Waals surface area contributed by atoms with E-state index in [1.165, 1.54) is 11.1 Å². The second-order valence-corrected chi connectivity index (χ2v) is 7.39. The van der Waals surface area contributed by atoms with Crippen molar-refractivity contribution in [1.29, 1.82) is 0 Å². The van der Waals surface area contributed by atoms with Crippen LogP contribution in [0.15, 0.2) is 72.8 Å². The fourth-order valence-corrected chi connectivity index (χ4v) is 3.64. The Morgan fingerprint density at radius 1 is 0.857 bits per heavy atom. The van der Waals surface area contributed by atoms with E-state index in [0.717, 1.165) is 46.5 Å². The number of hydrogen-bond donors (Lipinski definition) is 2. The predicted molar refractivity (Wildman–Crippen MR) is 119 cm³/mol. The van der Waals surface area contributed by atoms with Crippen molar-refractivity contribution < 1.29 is 0 Å². The van der Waals surface area contributed by atoms with Crippen LogP contribution in [0.1, 0.15) is 16.8 Å². The van der Waals surface area contributed by atoms with Crippen molar-refractivity contribution in [2.24, 2.45) is 0 Å². The van der Waals surface area contributed by atoms with E-state index in [9.17, 15) is 0 Å². The van der Waals surface area contributed by atoms with Gasteiger partial charge >= 0.3 is 0 Å². The zero-order valence-corrected chi connectivity index (χ0v) is 16.5. The minimum Gasteiger partial charge on any atom is -0.399 e. The van der Waals surface area contributed by atoms with Crippen LogP contribution in [0.3, 0.4) is 0 Å². The third kappa shape index (κ3) is 3.95. The summed E-state index contributed by atoms with van der Waals surface area (Å²) in [6.45, 7) is 2.00. The van der Waals surface area contributed by atoms with Crippen LogP contribution in [0.5, 0.6) is 0 Å². The molecule has 140 valence electrons. The van der Waals surface area contributed by atoms with Gasteiger partial charge in [-0.25, -0.2) is 0 Å². The molecule has 0 aliphatic heterocycles. The van der Waals surface area contributed by atoms with Crippen LogP contribution < -0.4 is 11.1 Å². The zero-order chi connectivity index (χ0) is 19.5. The molecule has 0 saturated heterocycles. The number of rotatable bonds is 5. The smallest absolute Gasteiger partial charge is 0.0727 e. The standard InChI is InChI=1S/C24H22ClN3/c1-16-14-24(20-15-19(25)12-13-23(20)27-16)28-22-9-5-3-7-18(22)11-10-17-6-2-4-8-21(17)26/h2-9,12-15H,10-11,26H2,1H3,(H,27,28). The highest BCUT2D eigenvalue weighted by molar-refractivity contribution is 6.31. The highest BCUT2D eigenvalue weighted by Gasteiger charge is 2.09. The van der Waals surface area contributed by atoms with Gasteiger partial charge in [0.05, 0.1) is 5.52 Å². The number of pyridine rings is 1. The van der Waals surface area contributed by atoms with Gasteiger partial charge in [-0.05, 0) is 67.3 Å². The first-order valence-corrected chi connectivity index (χ1v) is 9.73. The summed E-state index contributed by atoms with van der Waals surface area (Å²) in [5.74, 6) is 0. The topological polar surface area (TPSA) is 50.9 Å². The number of aromatic nitrogens is 1. The summed E-state index contributed by atoms with van der Waals surface area (Å²) in [6.07, 6.45) is 1.80. The van der Waals surface area contributed by atoms with Crippen molar-refractivity contribution in [3.05, 3.63) is 94.6 Å². The number of nitrogens with two attached hydrogens (primary N) is 1. The van der Waals surface area contributed by atoms with Gasteiger partial charge in [0.2, 0.25) is 0 Å². The molecule has 0 aliphatic rings. The number of nitrogens with zero attached hydrogens (tertiary/aromatic N) is 1. The maximum absolute atomic E-state index is 6.23. The van der Waals surface area contributed by atoms with Gasteiger partial charge in [0.15, 0.2) is 0 Å². The lowest BCUT2D eigenvalue weighted by molar-refractivity contribution is 0.965. The molecule has 0 atom stereocenters. The average Bonchev–Trinajstić information content (AvgIpc) is 2.69. The van der Waals surface area contributed by atoms with Crippen molar-refractivity contribution in [1.82, 2.24) is 4.98 Å². The molecule has 3 nitrogen and oxygen atoms in total. The van der Waals surface area contributed by atoms with E-state index in [2.05, 4.69) is 40.6 Å². The number of anilines is 3. The van der Waals surface area contributed by atoms with Crippen molar-refractivity contribution >= 4 is 39.6 Å². The quantitative estimate of drug-likeness (QED) is 0.394. The van der Waals surface area contributed by atoms with E-state index in [1.54, 1.807) is 0 Å². The first-order chi connectivity index (χ1) is 13.6. The molecule has 0 spiro atoms. The third-order valence-corrected chi connectivity index (χ3v) is 5.14. The lowest BCUT2D eigenvalue weighted by Crippen LogP contribution is -2.01. The van der Waals surface area contributed by atoms with Crippen LogP contribution in [0.4, 0.5) is 17.1 Å². The molecule has 0 unspecified atom stereocenters. The van der Waals surface area contributed by atoms with E-state index in [4.69, 9.17) is 17.3 Å². The SMILES string of the molecule is Cc1cc(Nc2ccccc2CCc2ccccc2N)c2cc(Cl)ccc2n1. The summed E-state index contributed by atoms with van der Waals surface area (Å²) in [6, 6.07) is 24.3. The Kier molecular flexibility index (Phi) is 5.18. The molecule has 28 heavy (non-hydrogen) atoms. The number of halogens is 1. The van der Waals surface area contributed by atoms with E-state index in [0.29, 0.717) is 5.02 Å². The van der Waals surface area contributed by atoms with E-state index < -0.39 is 0 Å². The average molecular weight is 388 g/mol. The molecule has 1 heterocycles. The fourth-order valence-electron chi connectivity index (χ4n) is 3.47. The first kappa shape index (κ1) is 18.3. The number of hydrogen-bond acceptors (Lipinski definition) is 3. The summed E-state index contributed by atoms with van der Waals surface area (Å²) in [4.78, 5) is 4.61. The van der Waals surface area contributed by atoms with Gasteiger partial charge in [-0.3, -0.25) is 4.98 Å². The van der Waals surface area contributed by atoms with Gasteiger partial charge in [0, 0.05) is 33.2 Å². The molecule has 4 aromatic rings. The molecule has 0 aliphatic carbocycles. The maximum atomic E-state index is 6.23. The van der Waals surface area contributed by atoms with Crippen molar-refractivity contribution in [3.63, 3.8) is 0 Å². The number of para-hydroxylation sites is 2. The molecule has 3 aromatic carbocycles. The van der Waals surface area contributed by atoms with E-state index in [-0.39, 0.29) is 0 Å². The molecule has 0 bridgehead atoms. The number of benzene rings is 3. The van der Waals surface area contributed by atoms with Crippen LogP contribution in [0.2, 0.25) is 5.02 Å². The van der Waals surface area contributed by atoms with E-state index >= 15 is 0 Å². The Morgan fingerprint density at radius 2 is 1.57 bits per heavy atom. The molecule has 4 heteroatoms. The van der Waals surface area contributed by atoms with Gasteiger partial charge < -0.3 is 11.1 Å². The molecular formula is C24H22ClN3. The summed E-state index contributed by atoms with van der Waals surface area (Å²) < 4.78 is 0. The van der Waals surface area contributed by atoms with Gasteiger partial charge in [0.1, 0.15) is 0 Å². The van der Waals surface area contributed by atoms with Crippen LogP contribution in [-0.4, -0.2) is 4.98 Å². The van der Waals surface area contributed by atoms with Gasteiger partial charge in [-0.15, -0.1) is 0 Å². The molecule has 0 radical (unpaired) electrons. The summed E-state index contributed by atoms with van der Waals surface area (Å²) in [5.41, 5.74) is 13.4. The van der Waals surface area contributed by atoms with Crippen LogP contribution in [0.25, 0.3) is 10.9 Å². The fraction of sp³-hybridized carbons (Fsp3) is 0.125. The minimum atomic E-state index is 0.703. The Bertz CT molecular complexity index is 1140. The first-order valence-electron chi connectivity index (χ1n) is 9.35. The monoisotopic (exact) mass is 387 g/mol. The Morgan fingerprint density at radius 3 is 2.39 bits per heavy atom. The maximum Gasteiger partial charge on any atom is 0.0727 e. The molecule has 0 amide bonds. The predicted octanol–water partition coefficient (Wildman–Crippen LogP) is 6.31. The molecule has 0 fully saturated rings. The molecule has 1 aromatic heterocycles. The van der Waals surface area contributed by atoms with Gasteiger partial charge in [0.25, 0.3) is 0 Å². The molecule has 0 saturated carbocycles. The zero-order valence-electron chi connectivity index (χ0n) is 15.7. The largest absolute Gasteiger partial charge is 0.399 e. The second-order valence-electron chi connectivity index (χ2n) is 6.95. The van der Waals surface area contributed by atoms with Crippen LogP contribution in [-0.2, 0) is 12.8 Å².